The second-order valence-electron chi connectivity index (χ2n) is 3.14. The summed E-state index contributed by atoms with van der Waals surface area (Å²) in [6.45, 7) is 2.44. The van der Waals surface area contributed by atoms with Crippen molar-refractivity contribution in [2.45, 2.75) is 13.0 Å². The Morgan fingerprint density at radius 1 is 1.73 bits per heavy atom. The van der Waals surface area contributed by atoms with Gasteiger partial charge in [0.25, 0.3) is 5.91 Å². The fraction of sp³-hybridized carbons (Fsp3) is 0.500. The molecule has 7 heteroatoms. The quantitative estimate of drug-likeness (QED) is 0.673. The third-order valence-electron chi connectivity index (χ3n) is 1.76. The number of nitrogens with zero attached hydrogens (tertiary/aromatic N) is 1. The Balaban J connectivity index is 2.81. The highest BCUT2D eigenvalue weighted by Crippen LogP contribution is 2.26. The van der Waals surface area contributed by atoms with E-state index in [9.17, 15) is 4.79 Å². The lowest BCUT2D eigenvalue weighted by Crippen LogP contribution is -2.22. The molecule has 1 atom stereocenters. The molecule has 84 valence electrons. The van der Waals surface area contributed by atoms with Crippen molar-refractivity contribution in [3.8, 4) is 0 Å². The first kappa shape index (κ1) is 11.7. The van der Waals surface area contributed by atoms with Crippen LogP contribution in [0.5, 0.6) is 0 Å². The molecule has 0 saturated heterocycles. The highest BCUT2D eigenvalue weighted by molar-refractivity contribution is 7.11. The molecule has 0 aromatic carbocycles. The Labute approximate surface area is 91.8 Å². The van der Waals surface area contributed by atoms with Gasteiger partial charge in [0.15, 0.2) is 5.82 Å². The lowest BCUT2D eigenvalue weighted by molar-refractivity contribution is 0.100. The van der Waals surface area contributed by atoms with Crippen molar-refractivity contribution in [2.24, 2.45) is 5.73 Å². The first-order valence-corrected chi connectivity index (χ1v) is 5.14. The van der Waals surface area contributed by atoms with Gasteiger partial charge in [0.2, 0.25) is 0 Å². The summed E-state index contributed by atoms with van der Waals surface area (Å²) in [7, 11) is 1.61. The largest absolute Gasteiger partial charge is 0.383 e. The molecule has 0 aliphatic rings. The standard InChI is InChI=1S/C8H14N4O2S/c1-4(3-14-2)11-8-5(7(10)13)6(9)12-15-8/h4,11H,3H2,1-2H3,(H2,9,12)(H2,10,13). The molecule has 1 aromatic rings. The number of amides is 1. The van der Waals surface area contributed by atoms with Crippen molar-refractivity contribution in [1.82, 2.24) is 4.37 Å². The number of anilines is 2. The summed E-state index contributed by atoms with van der Waals surface area (Å²) in [5.74, 6) is -0.409. The first-order valence-electron chi connectivity index (χ1n) is 4.36. The number of hydrogen-bond donors (Lipinski definition) is 3. The van der Waals surface area contributed by atoms with Crippen molar-refractivity contribution in [3.63, 3.8) is 0 Å². The Hall–Kier alpha value is -1.34. The molecule has 1 unspecified atom stereocenters. The highest BCUT2D eigenvalue weighted by Gasteiger charge is 2.17. The highest BCUT2D eigenvalue weighted by atomic mass is 32.1. The summed E-state index contributed by atoms with van der Waals surface area (Å²) < 4.78 is 8.82. The van der Waals surface area contributed by atoms with Crippen LogP contribution < -0.4 is 16.8 Å². The van der Waals surface area contributed by atoms with E-state index in [0.29, 0.717) is 11.6 Å². The molecule has 0 fully saturated rings. The van der Waals surface area contributed by atoms with Crippen LogP contribution in [0.3, 0.4) is 0 Å². The molecule has 1 aromatic heterocycles. The lowest BCUT2D eigenvalue weighted by Gasteiger charge is -2.12. The number of carbonyl (C=O) groups is 1. The molecule has 5 N–H and O–H groups in total. The minimum absolute atomic E-state index is 0.0629. The van der Waals surface area contributed by atoms with E-state index in [0.717, 1.165) is 11.5 Å². The number of methoxy groups -OCH3 is 1. The van der Waals surface area contributed by atoms with Gasteiger partial charge in [-0.05, 0) is 18.5 Å². The second-order valence-corrected chi connectivity index (χ2v) is 3.91. The van der Waals surface area contributed by atoms with Crippen LogP contribution in [0.15, 0.2) is 0 Å². The van der Waals surface area contributed by atoms with Crippen molar-refractivity contribution in [1.29, 1.82) is 0 Å². The number of ether oxygens (including phenoxy) is 1. The Bertz CT molecular complexity index is 352. The van der Waals surface area contributed by atoms with Crippen LogP contribution in [0.1, 0.15) is 17.3 Å². The molecule has 1 amide bonds. The minimum Gasteiger partial charge on any atom is -0.383 e. The summed E-state index contributed by atoms with van der Waals surface area (Å²) in [4.78, 5) is 11.1. The first-order chi connectivity index (χ1) is 7.06. The van der Waals surface area contributed by atoms with Gasteiger partial charge in [-0.15, -0.1) is 0 Å². The van der Waals surface area contributed by atoms with Crippen LogP contribution in [-0.2, 0) is 4.74 Å². The van der Waals surface area contributed by atoms with Crippen LogP contribution in [0.4, 0.5) is 10.8 Å². The molecule has 6 nitrogen and oxygen atoms in total. The maximum Gasteiger partial charge on any atom is 0.255 e. The van der Waals surface area contributed by atoms with Gasteiger partial charge in [-0.2, -0.15) is 4.37 Å². The number of nitrogens with one attached hydrogen (secondary N) is 1. The van der Waals surface area contributed by atoms with E-state index < -0.39 is 5.91 Å². The minimum atomic E-state index is -0.576. The van der Waals surface area contributed by atoms with E-state index in [1.54, 1.807) is 7.11 Å². The molecule has 0 aliphatic carbocycles. The molecule has 0 saturated carbocycles. The second kappa shape index (κ2) is 4.94. The topological polar surface area (TPSA) is 103 Å². The average molecular weight is 230 g/mol. The maximum atomic E-state index is 11.1. The lowest BCUT2D eigenvalue weighted by atomic mass is 10.3. The fourth-order valence-electron chi connectivity index (χ4n) is 1.15. The third kappa shape index (κ3) is 2.80. The van der Waals surface area contributed by atoms with Gasteiger partial charge in [-0.1, -0.05) is 0 Å². The van der Waals surface area contributed by atoms with Gasteiger partial charge >= 0.3 is 0 Å². The monoisotopic (exact) mass is 230 g/mol. The molecule has 0 bridgehead atoms. The van der Waals surface area contributed by atoms with Crippen molar-refractivity contribution < 1.29 is 9.53 Å². The number of primary amides is 1. The van der Waals surface area contributed by atoms with E-state index >= 15 is 0 Å². The van der Waals surface area contributed by atoms with Crippen molar-refractivity contribution in [2.75, 3.05) is 24.8 Å². The van der Waals surface area contributed by atoms with Gasteiger partial charge in [0, 0.05) is 13.2 Å². The summed E-state index contributed by atoms with van der Waals surface area (Å²) >= 11 is 1.12. The number of carbonyl (C=O) groups excluding carboxylic acids is 1. The number of rotatable bonds is 5. The normalized spacial score (nSPS) is 12.4. The van der Waals surface area contributed by atoms with Gasteiger partial charge in [-0.25, -0.2) is 0 Å². The number of aromatic nitrogens is 1. The van der Waals surface area contributed by atoms with Crippen LogP contribution in [0, 0.1) is 0 Å². The Morgan fingerprint density at radius 3 is 2.93 bits per heavy atom. The molecular formula is C8H14N4O2S. The van der Waals surface area contributed by atoms with Crippen molar-refractivity contribution in [3.05, 3.63) is 5.56 Å². The number of nitrogens with two attached hydrogens (primary N) is 2. The van der Waals surface area contributed by atoms with Crippen LogP contribution in [0.25, 0.3) is 0 Å². The van der Waals surface area contributed by atoms with E-state index in [1.165, 1.54) is 0 Å². The van der Waals surface area contributed by atoms with Gasteiger partial charge in [0.1, 0.15) is 10.6 Å². The van der Waals surface area contributed by atoms with Crippen molar-refractivity contribution >= 4 is 28.3 Å². The van der Waals surface area contributed by atoms with E-state index in [1.807, 2.05) is 6.92 Å². The third-order valence-corrected chi connectivity index (χ3v) is 2.55. The summed E-state index contributed by atoms with van der Waals surface area (Å²) in [5, 5.41) is 3.65. The predicted molar refractivity (Wildman–Crippen MR) is 60.0 cm³/mol. The molecule has 15 heavy (non-hydrogen) atoms. The van der Waals surface area contributed by atoms with E-state index in [2.05, 4.69) is 9.69 Å². The molecule has 0 radical (unpaired) electrons. The van der Waals surface area contributed by atoms with Crippen LogP contribution >= 0.6 is 11.5 Å². The Morgan fingerprint density at radius 2 is 2.40 bits per heavy atom. The smallest absolute Gasteiger partial charge is 0.255 e. The zero-order valence-electron chi connectivity index (χ0n) is 8.61. The Kier molecular flexibility index (Phi) is 3.87. The van der Waals surface area contributed by atoms with E-state index in [4.69, 9.17) is 16.2 Å². The number of hydrogen-bond acceptors (Lipinski definition) is 6. The van der Waals surface area contributed by atoms with Gasteiger partial charge in [-0.3, -0.25) is 4.79 Å². The maximum absolute atomic E-state index is 11.1. The summed E-state index contributed by atoms with van der Waals surface area (Å²) in [6.07, 6.45) is 0. The average Bonchev–Trinajstić information content (AvgIpc) is 2.47. The molecule has 0 spiro atoms. The SMILES string of the molecule is COCC(C)Nc1snc(N)c1C(N)=O. The fourth-order valence-corrected chi connectivity index (χ4v) is 1.99. The summed E-state index contributed by atoms with van der Waals surface area (Å²) in [6, 6.07) is 0.0629. The molecule has 0 aliphatic heterocycles. The predicted octanol–water partition coefficient (Wildman–Crippen LogP) is 0.271. The zero-order valence-corrected chi connectivity index (χ0v) is 9.43. The van der Waals surface area contributed by atoms with E-state index in [-0.39, 0.29) is 17.4 Å². The van der Waals surface area contributed by atoms with Crippen LogP contribution in [0.2, 0.25) is 0 Å². The number of nitrogen functional groups attached to an aromatic ring is 1. The molecule has 1 heterocycles. The van der Waals surface area contributed by atoms with Gasteiger partial charge < -0.3 is 21.5 Å². The zero-order chi connectivity index (χ0) is 11.4. The van der Waals surface area contributed by atoms with Gasteiger partial charge in [0.05, 0.1) is 6.61 Å². The molecular weight excluding hydrogens is 216 g/mol. The summed E-state index contributed by atoms with van der Waals surface area (Å²) in [5.41, 5.74) is 11.0. The van der Waals surface area contributed by atoms with Crippen LogP contribution in [-0.4, -0.2) is 30.0 Å². The molecule has 1 rings (SSSR count).